The predicted octanol–water partition coefficient (Wildman–Crippen LogP) is 4.23. The Balaban J connectivity index is 1.68. The molecule has 0 bridgehead atoms. The first-order valence-corrected chi connectivity index (χ1v) is 8.26. The van der Waals surface area contributed by atoms with Gasteiger partial charge in [-0.15, -0.1) is 0 Å². The molecule has 0 aliphatic heterocycles. The second-order valence-corrected chi connectivity index (χ2v) is 6.39. The van der Waals surface area contributed by atoms with Gasteiger partial charge in [-0.25, -0.2) is 19.3 Å². The lowest BCUT2D eigenvalue weighted by Gasteiger charge is -2.12. The van der Waals surface area contributed by atoms with Gasteiger partial charge in [-0.05, 0) is 25.0 Å². The number of aromatic amines is 1. The van der Waals surface area contributed by atoms with Crippen LogP contribution in [0.1, 0.15) is 31.7 Å². The first-order chi connectivity index (χ1) is 11.8. The van der Waals surface area contributed by atoms with Gasteiger partial charge < -0.3 is 9.55 Å². The minimum atomic E-state index is -0.362. The Morgan fingerprint density at radius 2 is 2.04 bits per heavy atom. The molecule has 0 atom stereocenters. The number of pyridine rings is 1. The Labute approximate surface area is 137 Å². The lowest BCUT2D eigenvalue weighted by Crippen LogP contribution is -2.04. The molecule has 0 spiro atoms. The van der Waals surface area contributed by atoms with Gasteiger partial charge in [0.25, 0.3) is 0 Å². The fourth-order valence-corrected chi connectivity index (χ4v) is 3.71. The minimum absolute atomic E-state index is 0.362. The van der Waals surface area contributed by atoms with Crippen LogP contribution < -0.4 is 0 Å². The van der Waals surface area contributed by atoms with Gasteiger partial charge in [-0.1, -0.05) is 12.8 Å². The molecule has 1 N–H and O–H groups in total. The van der Waals surface area contributed by atoms with Crippen molar-refractivity contribution in [2.75, 3.05) is 0 Å². The van der Waals surface area contributed by atoms with E-state index >= 15 is 0 Å². The van der Waals surface area contributed by atoms with E-state index in [4.69, 9.17) is 4.98 Å². The zero-order valence-electron chi connectivity index (χ0n) is 13.0. The maximum Gasteiger partial charge on any atom is 0.163 e. The number of aromatic nitrogens is 5. The maximum absolute atomic E-state index is 13.6. The first-order valence-electron chi connectivity index (χ1n) is 8.26. The van der Waals surface area contributed by atoms with Crippen LogP contribution >= 0.6 is 0 Å². The molecule has 4 aromatic heterocycles. The second-order valence-electron chi connectivity index (χ2n) is 6.39. The molecule has 0 amide bonds. The summed E-state index contributed by atoms with van der Waals surface area (Å²) in [6.07, 6.45) is 11.9. The van der Waals surface area contributed by atoms with Crippen LogP contribution in [0.3, 0.4) is 0 Å². The summed E-state index contributed by atoms with van der Waals surface area (Å²) < 4.78 is 15.8. The van der Waals surface area contributed by atoms with Gasteiger partial charge in [-0.2, -0.15) is 0 Å². The summed E-state index contributed by atoms with van der Waals surface area (Å²) in [5.74, 6) is 0.234. The Bertz CT molecular complexity index is 1040. The lowest BCUT2D eigenvalue weighted by atomic mass is 10.2. The van der Waals surface area contributed by atoms with Gasteiger partial charge in [0.15, 0.2) is 5.82 Å². The van der Waals surface area contributed by atoms with Crippen LogP contribution in [0.5, 0.6) is 0 Å². The topological polar surface area (TPSA) is 59.4 Å². The molecule has 1 aliphatic rings. The van der Waals surface area contributed by atoms with Gasteiger partial charge in [0.1, 0.15) is 17.1 Å². The van der Waals surface area contributed by atoms with Crippen LogP contribution in [0.4, 0.5) is 4.39 Å². The standard InChI is InChI=1S/C18H16FN5/c19-12-7-14-15(10-22-16(14)21-9-12)17-20-8-11-5-6-24(18(11)23-17)13-3-1-2-4-13/h5-10,13H,1-4H2,(H,21,22). The van der Waals surface area contributed by atoms with Crippen LogP contribution in [0.2, 0.25) is 0 Å². The molecule has 0 radical (unpaired) electrons. The average Bonchev–Trinajstić information content (AvgIpc) is 3.32. The van der Waals surface area contributed by atoms with Crippen molar-refractivity contribution in [3.05, 3.63) is 42.7 Å². The van der Waals surface area contributed by atoms with Gasteiger partial charge in [0.05, 0.1) is 6.20 Å². The summed E-state index contributed by atoms with van der Waals surface area (Å²) in [6, 6.07) is 4.05. The zero-order chi connectivity index (χ0) is 16.1. The third-order valence-electron chi connectivity index (χ3n) is 4.91. The summed E-state index contributed by atoms with van der Waals surface area (Å²) in [6.45, 7) is 0. The largest absolute Gasteiger partial charge is 0.345 e. The molecule has 24 heavy (non-hydrogen) atoms. The first kappa shape index (κ1) is 13.7. The van der Waals surface area contributed by atoms with E-state index in [0.717, 1.165) is 16.6 Å². The van der Waals surface area contributed by atoms with Crippen LogP contribution in [-0.2, 0) is 0 Å². The maximum atomic E-state index is 13.6. The summed E-state index contributed by atoms with van der Waals surface area (Å²) in [5, 5.41) is 1.74. The molecule has 120 valence electrons. The second kappa shape index (κ2) is 5.12. The molecule has 4 aromatic rings. The quantitative estimate of drug-likeness (QED) is 0.601. The van der Waals surface area contributed by atoms with Crippen molar-refractivity contribution in [3.63, 3.8) is 0 Å². The van der Waals surface area contributed by atoms with E-state index in [2.05, 4.69) is 31.8 Å². The minimum Gasteiger partial charge on any atom is -0.345 e. The van der Waals surface area contributed by atoms with Crippen LogP contribution in [-0.4, -0.2) is 24.5 Å². The number of H-pyrrole nitrogens is 1. The molecular weight excluding hydrogens is 305 g/mol. The monoisotopic (exact) mass is 321 g/mol. The summed E-state index contributed by atoms with van der Waals surface area (Å²) in [7, 11) is 0. The van der Waals surface area contributed by atoms with Crippen molar-refractivity contribution in [2.24, 2.45) is 0 Å². The molecule has 0 saturated heterocycles. The summed E-state index contributed by atoms with van der Waals surface area (Å²) in [4.78, 5) is 16.4. The van der Waals surface area contributed by atoms with Gasteiger partial charge in [0.2, 0.25) is 0 Å². The van der Waals surface area contributed by atoms with Crippen molar-refractivity contribution >= 4 is 22.1 Å². The number of halogens is 1. The molecule has 0 aromatic carbocycles. The summed E-state index contributed by atoms with van der Waals surface area (Å²) >= 11 is 0. The van der Waals surface area contributed by atoms with E-state index in [1.54, 1.807) is 6.20 Å². The van der Waals surface area contributed by atoms with E-state index in [-0.39, 0.29) is 5.82 Å². The van der Waals surface area contributed by atoms with E-state index in [9.17, 15) is 4.39 Å². The molecule has 1 saturated carbocycles. The van der Waals surface area contributed by atoms with Gasteiger partial charge in [0, 0.05) is 41.0 Å². The fraction of sp³-hybridized carbons (Fsp3) is 0.278. The van der Waals surface area contributed by atoms with E-state index in [1.165, 1.54) is 37.9 Å². The Morgan fingerprint density at radius 3 is 2.92 bits per heavy atom. The van der Waals surface area contributed by atoms with Crippen LogP contribution in [0.25, 0.3) is 33.5 Å². The van der Waals surface area contributed by atoms with Crippen LogP contribution in [0.15, 0.2) is 36.9 Å². The van der Waals surface area contributed by atoms with E-state index < -0.39 is 0 Å². The number of hydrogen-bond donors (Lipinski definition) is 1. The Morgan fingerprint density at radius 1 is 1.17 bits per heavy atom. The molecule has 5 nitrogen and oxygen atoms in total. The van der Waals surface area contributed by atoms with Crippen LogP contribution in [0, 0.1) is 5.82 Å². The van der Waals surface area contributed by atoms with E-state index in [1.807, 2.05) is 6.20 Å². The SMILES string of the molecule is Fc1cnc2[nH]cc(-c3ncc4ccn(C5CCCC5)c4n3)c2c1. The lowest BCUT2D eigenvalue weighted by molar-refractivity contribution is 0.532. The number of rotatable bonds is 2. The molecule has 1 aliphatic carbocycles. The van der Waals surface area contributed by atoms with Crippen molar-refractivity contribution in [3.8, 4) is 11.4 Å². The van der Waals surface area contributed by atoms with E-state index in [0.29, 0.717) is 22.9 Å². The third-order valence-corrected chi connectivity index (χ3v) is 4.91. The highest BCUT2D eigenvalue weighted by Crippen LogP contribution is 2.33. The number of hydrogen-bond acceptors (Lipinski definition) is 3. The molecule has 4 heterocycles. The molecule has 5 rings (SSSR count). The smallest absolute Gasteiger partial charge is 0.163 e. The summed E-state index contributed by atoms with van der Waals surface area (Å²) in [5.41, 5.74) is 2.37. The average molecular weight is 321 g/mol. The zero-order valence-corrected chi connectivity index (χ0v) is 13.0. The highest BCUT2D eigenvalue weighted by atomic mass is 19.1. The van der Waals surface area contributed by atoms with Crippen molar-refractivity contribution < 1.29 is 4.39 Å². The normalized spacial score (nSPS) is 15.7. The number of fused-ring (bicyclic) bond motifs is 2. The Hall–Kier alpha value is -2.76. The van der Waals surface area contributed by atoms with Crippen molar-refractivity contribution in [1.82, 2.24) is 24.5 Å². The molecule has 1 fully saturated rings. The van der Waals surface area contributed by atoms with Crippen molar-refractivity contribution in [1.29, 1.82) is 0 Å². The third kappa shape index (κ3) is 2.02. The molecule has 0 unspecified atom stereocenters. The van der Waals surface area contributed by atoms with Crippen molar-refractivity contribution in [2.45, 2.75) is 31.7 Å². The fourth-order valence-electron chi connectivity index (χ4n) is 3.71. The number of nitrogens with zero attached hydrogens (tertiary/aromatic N) is 4. The highest BCUT2D eigenvalue weighted by molar-refractivity contribution is 5.92. The Kier molecular flexibility index (Phi) is 2.92. The van der Waals surface area contributed by atoms with Gasteiger partial charge in [-0.3, -0.25) is 0 Å². The predicted molar refractivity (Wildman–Crippen MR) is 90.1 cm³/mol. The van der Waals surface area contributed by atoms with Gasteiger partial charge >= 0.3 is 0 Å². The number of nitrogens with one attached hydrogen (secondary N) is 1. The highest BCUT2D eigenvalue weighted by Gasteiger charge is 2.20. The molecule has 6 heteroatoms. The molecular formula is C18H16FN5.